The van der Waals surface area contributed by atoms with Gasteiger partial charge in [0.2, 0.25) is 0 Å². The molecule has 0 bridgehead atoms. The summed E-state index contributed by atoms with van der Waals surface area (Å²) in [5.41, 5.74) is 0. The second kappa shape index (κ2) is 41.1. The Morgan fingerprint density at radius 1 is 0.480 bits per heavy atom. The number of allylic oxidation sites excluding steroid dienone is 9. The van der Waals surface area contributed by atoms with Gasteiger partial charge in [0, 0.05) is 12.8 Å². The van der Waals surface area contributed by atoms with Gasteiger partial charge < -0.3 is 9.84 Å². The van der Waals surface area contributed by atoms with Crippen LogP contribution in [0.2, 0.25) is 0 Å². The third-order valence-electron chi connectivity index (χ3n) is 9.21. The molecule has 1 N–H and O–H groups in total. The van der Waals surface area contributed by atoms with Crippen LogP contribution in [0.25, 0.3) is 0 Å². The van der Waals surface area contributed by atoms with Crippen LogP contribution in [-0.4, -0.2) is 23.1 Å². The van der Waals surface area contributed by atoms with E-state index in [0.717, 1.165) is 57.8 Å². The zero-order chi connectivity index (χ0) is 36.4. The van der Waals surface area contributed by atoms with E-state index in [1.807, 2.05) is 6.08 Å². The van der Waals surface area contributed by atoms with E-state index >= 15 is 0 Å². The van der Waals surface area contributed by atoms with Crippen molar-refractivity contribution in [1.82, 2.24) is 0 Å². The van der Waals surface area contributed by atoms with Crippen molar-refractivity contribution in [2.45, 2.75) is 219 Å². The van der Waals surface area contributed by atoms with Gasteiger partial charge in [-0.15, -0.1) is 0 Å². The Morgan fingerprint density at radius 3 is 1.40 bits per heavy atom. The first-order valence-electron chi connectivity index (χ1n) is 21.3. The molecule has 0 saturated carbocycles. The van der Waals surface area contributed by atoms with E-state index in [2.05, 4.69) is 68.5 Å². The van der Waals surface area contributed by atoms with E-state index in [4.69, 9.17) is 9.84 Å². The summed E-state index contributed by atoms with van der Waals surface area (Å²) >= 11 is 0. The fraction of sp³-hybridized carbons (Fsp3) is 0.739. The van der Waals surface area contributed by atoms with E-state index in [1.54, 1.807) is 0 Å². The minimum Gasteiger partial charge on any atom is -0.481 e. The number of carboxylic acid groups (broad SMARTS) is 1. The molecule has 0 aliphatic carbocycles. The van der Waals surface area contributed by atoms with Gasteiger partial charge in [-0.1, -0.05) is 178 Å². The maximum atomic E-state index is 12.6. The molecular weight excluding hydrogens is 617 g/mol. The summed E-state index contributed by atoms with van der Waals surface area (Å²) in [6, 6.07) is 0. The van der Waals surface area contributed by atoms with Crippen molar-refractivity contribution in [2.75, 3.05) is 0 Å². The fourth-order valence-electron chi connectivity index (χ4n) is 6.09. The molecule has 0 aromatic heterocycles. The van der Waals surface area contributed by atoms with Crippen molar-refractivity contribution in [3.05, 3.63) is 60.8 Å². The third-order valence-corrected chi connectivity index (χ3v) is 9.21. The first-order valence-corrected chi connectivity index (χ1v) is 21.3. The normalized spacial score (nSPS) is 12.8. The summed E-state index contributed by atoms with van der Waals surface area (Å²) in [6.07, 6.45) is 57.0. The molecule has 0 spiro atoms. The highest BCUT2D eigenvalue weighted by atomic mass is 16.5. The minimum absolute atomic E-state index is 0.109. The topological polar surface area (TPSA) is 63.6 Å². The Bertz CT molecular complexity index is 881. The molecule has 0 rings (SSSR count). The summed E-state index contributed by atoms with van der Waals surface area (Å²) in [4.78, 5) is 23.4. The monoisotopic (exact) mass is 697 g/mol. The lowest BCUT2D eigenvalue weighted by Gasteiger charge is -2.14. The number of aliphatic carboxylic acids is 1. The van der Waals surface area contributed by atoms with Gasteiger partial charge in [-0.05, 0) is 83.1 Å². The van der Waals surface area contributed by atoms with Gasteiger partial charge in [0.15, 0.2) is 0 Å². The van der Waals surface area contributed by atoms with Crippen molar-refractivity contribution in [3.63, 3.8) is 0 Å². The number of carboxylic acids is 1. The van der Waals surface area contributed by atoms with Crippen LogP contribution in [0.15, 0.2) is 60.8 Å². The Hall–Kier alpha value is -2.36. The molecule has 4 heteroatoms. The summed E-state index contributed by atoms with van der Waals surface area (Å²) in [5, 5.41) is 8.88. The second-order valence-corrected chi connectivity index (χ2v) is 14.1. The smallest absolute Gasteiger partial charge is 0.306 e. The highest BCUT2D eigenvalue weighted by molar-refractivity contribution is 5.69. The zero-order valence-electron chi connectivity index (χ0n) is 32.9. The van der Waals surface area contributed by atoms with Crippen molar-refractivity contribution in [1.29, 1.82) is 0 Å². The first kappa shape index (κ1) is 47.6. The predicted molar refractivity (Wildman–Crippen MR) is 218 cm³/mol. The average molecular weight is 697 g/mol. The number of esters is 1. The highest BCUT2D eigenvalue weighted by Gasteiger charge is 2.11. The van der Waals surface area contributed by atoms with Crippen molar-refractivity contribution >= 4 is 11.9 Å². The molecule has 0 aromatic rings. The molecule has 288 valence electrons. The predicted octanol–water partition coefficient (Wildman–Crippen LogP) is 14.9. The quantitative estimate of drug-likeness (QED) is 0.0396. The molecule has 0 aliphatic heterocycles. The summed E-state index contributed by atoms with van der Waals surface area (Å²) < 4.78 is 5.83. The number of ether oxygens (including phenoxy) is 1. The number of unbranched alkanes of at least 4 members (excludes halogenated alkanes) is 21. The molecule has 0 aliphatic rings. The number of rotatable bonds is 38. The lowest BCUT2D eigenvalue weighted by atomic mass is 10.0. The fourth-order valence-corrected chi connectivity index (χ4v) is 6.09. The molecule has 1 unspecified atom stereocenters. The molecule has 4 nitrogen and oxygen atoms in total. The molecule has 0 heterocycles. The second-order valence-electron chi connectivity index (χ2n) is 14.1. The maximum Gasteiger partial charge on any atom is 0.306 e. The van der Waals surface area contributed by atoms with Crippen LogP contribution < -0.4 is 0 Å². The number of carbonyl (C=O) groups excluding carboxylic acids is 1. The van der Waals surface area contributed by atoms with Crippen LogP contribution in [-0.2, 0) is 14.3 Å². The third kappa shape index (κ3) is 40.1. The Balaban J connectivity index is 3.89. The molecule has 0 saturated heterocycles. The van der Waals surface area contributed by atoms with Gasteiger partial charge in [-0.25, -0.2) is 0 Å². The van der Waals surface area contributed by atoms with E-state index in [1.165, 1.54) is 122 Å². The number of hydrogen-bond donors (Lipinski definition) is 1. The van der Waals surface area contributed by atoms with Crippen molar-refractivity contribution < 1.29 is 19.4 Å². The highest BCUT2D eigenvalue weighted by Crippen LogP contribution is 2.16. The van der Waals surface area contributed by atoms with Crippen LogP contribution in [0, 0.1) is 0 Å². The van der Waals surface area contributed by atoms with Crippen LogP contribution in [0.3, 0.4) is 0 Å². The Morgan fingerprint density at radius 2 is 0.900 bits per heavy atom. The molecule has 0 aromatic carbocycles. The summed E-state index contributed by atoms with van der Waals surface area (Å²) in [6.45, 7) is 4.43. The molecule has 0 radical (unpaired) electrons. The molecule has 0 fully saturated rings. The largest absolute Gasteiger partial charge is 0.481 e. The minimum atomic E-state index is -0.750. The van der Waals surface area contributed by atoms with Crippen molar-refractivity contribution in [2.24, 2.45) is 0 Å². The lowest BCUT2D eigenvalue weighted by molar-refractivity contribution is -0.147. The van der Waals surface area contributed by atoms with E-state index in [-0.39, 0.29) is 18.5 Å². The Kier molecular flexibility index (Phi) is 39.1. The molecule has 1 atom stereocenters. The van der Waals surface area contributed by atoms with Gasteiger partial charge in [0.05, 0.1) is 0 Å². The van der Waals surface area contributed by atoms with Gasteiger partial charge >= 0.3 is 11.9 Å². The lowest BCUT2D eigenvalue weighted by Crippen LogP contribution is -2.16. The molecule has 0 amide bonds. The SMILES string of the molecule is CC/C=C\C/C=C\C/C=C\C/C=C\C(CCCCCC(=O)O)OC(=O)CCCCCCCCCCCCC/C=C\CCCCCCCCCC. The zero-order valence-corrected chi connectivity index (χ0v) is 32.9. The standard InChI is InChI=1S/C46H80O4/c1-3-5-7-9-11-13-15-16-17-18-19-20-21-22-23-24-25-26-28-30-32-34-39-43-46(49)50-44(41-37-35-38-42-45(47)48)40-36-33-31-29-27-14-12-10-8-6-4-2/h6,8,12,14,18-19,29,31,36,40,44H,3-5,7,9-11,13,15-17,20-28,30,32-35,37-39,41-43H2,1-2H3,(H,47,48)/b8-6-,14-12-,19-18-,31-29-,40-36-. The van der Waals surface area contributed by atoms with Gasteiger partial charge in [-0.3, -0.25) is 9.59 Å². The van der Waals surface area contributed by atoms with Crippen LogP contribution in [0.4, 0.5) is 0 Å². The first-order chi connectivity index (χ1) is 24.6. The average Bonchev–Trinajstić information content (AvgIpc) is 3.10. The van der Waals surface area contributed by atoms with Crippen LogP contribution in [0.5, 0.6) is 0 Å². The number of carbonyl (C=O) groups is 2. The van der Waals surface area contributed by atoms with Crippen molar-refractivity contribution in [3.8, 4) is 0 Å². The Labute approximate surface area is 310 Å². The molecule has 50 heavy (non-hydrogen) atoms. The summed E-state index contributed by atoms with van der Waals surface area (Å²) in [5.74, 6) is -0.859. The number of hydrogen-bond acceptors (Lipinski definition) is 3. The van der Waals surface area contributed by atoms with E-state index < -0.39 is 5.97 Å². The van der Waals surface area contributed by atoms with Gasteiger partial charge in [-0.2, -0.15) is 0 Å². The van der Waals surface area contributed by atoms with Crippen LogP contribution >= 0.6 is 0 Å². The van der Waals surface area contributed by atoms with Gasteiger partial charge in [0.1, 0.15) is 6.10 Å². The molecular formula is C46H80O4. The van der Waals surface area contributed by atoms with Crippen LogP contribution in [0.1, 0.15) is 213 Å². The maximum absolute atomic E-state index is 12.6. The van der Waals surface area contributed by atoms with E-state index in [9.17, 15) is 9.59 Å². The summed E-state index contributed by atoms with van der Waals surface area (Å²) in [7, 11) is 0. The van der Waals surface area contributed by atoms with Gasteiger partial charge in [0.25, 0.3) is 0 Å². The van der Waals surface area contributed by atoms with E-state index in [0.29, 0.717) is 12.8 Å².